The van der Waals surface area contributed by atoms with Crippen LogP contribution in [-0.2, 0) is 42.1 Å². The van der Waals surface area contributed by atoms with E-state index in [4.69, 9.17) is 0 Å². The summed E-state index contributed by atoms with van der Waals surface area (Å²) in [5, 5.41) is 8.67. The monoisotopic (exact) mass is 638 g/mol. The molecule has 2 nitrogen and oxygen atoms in total. The van der Waals surface area contributed by atoms with Gasteiger partial charge in [-0.25, -0.2) is 0 Å². The Balaban J connectivity index is -0.000000116. The third-order valence-electron chi connectivity index (χ3n) is 3.96. The maximum Gasteiger partial charge on any atom is 0 e. The van der Waals surface area contributed by atoms with Crippen LogP contribution in [-0.4, -0.2) is 25.7 Å². The minimum Gasteiger partial charge on any atom is -0.662 e. The molecule has 0 radical (unpaired) electrons. The number of nitrogens with zero attached hydrogens (tertiary/aromatic N) is 2. The van der Waals surface area contributed by atoms with Crippen molar-refractivity contribution in [1.29, 1.82) is 0 Å². The van der Waals surface area contributed by atoms with Crippen LogP contribution >= 0.6 is 0 Å². The smallest absolute Gasteiger partial charge is 0 e. The van der Waals surface area contributed by atoms with Gasteiger partial charge >= 0.3 is 0 Å². The van der Waals surface area contributed by atoms with Crippen LogP contribution in [0.25, 0.3) is 10.6 Å². The predicted octanol–water partition coefficient (Wildman–Crippen LogP) is 5.87. The Morgan fingerprint density at radius 1 is 0.762 bits per heavy atom. The van der Waals surface area contributed by atoms with E-state index in [9.17, 15) is 0 Å². The molecule has 21 heavy (non-hydrogen) atoms. The molecule has 2 aliphatic rings. The Hall–Kier alpha value is 1.30. The van der Waals surface area contributed by atoms with Gasteiger partial charge in [0.15, 0.2) is 0 Å². The summed E-state index contributed by atoms with van der Waals surface area (Å²) in [5.74, 6) is 0.845. The van der Waals surface area contributed by atoms with E-state index in [-0.39, 0.29) is 57.0 Å². The Bertz CT molecular complexity index is 222. The molecule has 2 atom stereocenters. The Kier molecular flexibility index (Phi) is 18.2. The first-order chi connectivity index (χ1) is 7.71. The fourth-order valence-electron chi connectivity index (χ4n) is 2.26. The van der Waals surface area contributed by atoms with E-state index in [1.54, 1.807) is 0 Å². The molecule has 2 saturated heterocycles. The van der Waals surface area contributed by atoms with Gasteiger partial charge in [-0.15, -0.1) is 19.1 Å². The summed E-state index contributed by atoms with van der Waals surface area (Å²) in [5.41, 5.74) is 0.915. The third kappa shape index (κ3) is 11.5. The van der Waals surface area contributed by atoms with Crippen molar-refractivity contribution in [2.45, 2.75) is 75.3 Å². The van der Waals surface area contributed by atoms with Gasteiger partial charge in [0.25, 0.3) is 0 Å². The van der Waals surface area contributed by atoms with Gasteiger partial charge in [0.1, 0.15) is 0 Å². The second-order valence-corrected chi connectivity index (χ2v) is 7.56. The van der Waals surface area contributed by atoms with Gasteiger partial charge in [0.05, 0.1) is 0 Å². The first-order valence-corrected chi connectivity index (χ1v) is 7.01. The predicted molar refractivity (Wildman–Crippen MR) is 90.2 cm³/mol. The standard InChI is InChI=1S/C8H16N.C7H14N.2CH4.2W/c1-8(2,3)7-4-5-9-6-7;1-7(2,3)6-4-5-8-6;;;;/h7H,4-6H2,1-3H3;6H,4-5H2,1-3H3;2*1H4;;/q2*-1;;;;. The molecular formula is C17H38N2W2-2. The average molecular weight is 638 g/mol. The fourth-order valence-corrected chi connectivity index (χ4v) is 2.26. The molecule has 4 heteroatoms. The SMILES string of the molecule is C.C.CC(C)(C)C1CC[N-]1.CC(C)(C)C1CC[N-]C1.[W].[W]. The zero-order chi connectivity index (χ0) is 13.1. The molecule has 2 rings (SSSR count). The molecule has 0 spiro atoms. The number of rotatable bonds is 0. The van der Waals surface area contributed by atoms with Crippen LogP contribution in [0.4, 0.5) is 0 Å². The zero-order valence-electron chi connectivity index (χ0n) is 13.4. The summed E-state index contributed by atoms with van der Waals surface area (Å²) < 4.78 is 0. The van der Waals surface area contributed by atoms with Crippen molar-refractivity contribution in [2.75, 3.05) is 19.6 Å². The Morgan fingerprint density at radius 2 is 1.24 bits per heavy atom. The molecule has 2 unspecified atom stereocenters. The van der Waals surface area contributed by atoms with Gasteiger partial charge in [-0.05, 0) is 5.41 Å². The maximum atomic E-state index is 4.34. The maximum absolute atomic E-state index is 4.34. The van der Waals surface area contributed by atoms with Gasteiger partial charge in [-0.3, -0.25) is 0 Å². The van der Waals surface area contributed by atoms with Crippen LogP contribution in [0.1, 0.15) is 69.2 Å². The molecule has 0 N–H and O–H groups in total. The summed E-state index contributed by atoms with van der Waals surface area (Å²) in [6, 6.07) is 0.655. The first-order valence-electron chi connectivity index (χ1n) is 7.01. The van der Waals surface area contributed by atoms with Crippen molar-refractivity contribution >= 4 is 0 Å². The molecule has 2 fully saturated rings. The first kappa shape index (κ1) is 30.2. The van der Waals surface area contributed by atoms with Crippen molar-refractivity contribution in [2.24, 2.45) is 16.7 Å². The van der Waals surface area contributed by atoms with E-state index in [1.807, 2.05) is 0 Å². The van der Waals surface area contributed by atoms with Crippen molar-refractivity contribution in [1.82, 2.24) is 0 Å². The summed E-state index contributed by atoms with van der Waals surface area (Å²) >= 11 is 0. The Morgan fingerprint density at radius 3 is 1.33 bits per heavy atom. The molecule has 0 saturated carbocycles. The third-order valence-corrected chi connectivity index (χ3v) is 3.96. The number of hydrogen-bond donors (Lipinski definition) is 0. The molecule has 0 aliphatic carbocycles. The van der Waals surface area contributed by atoms with Crippen LogP contribution in [0, 0.1) is 16.7 Å². The van der Waals surface area contributed by atoms with E-state index in [0.717, 1.165) is 25.6 Å². The second kappa shape index (κ2) is 12.7. The van der Waals surface area contributed by atoms with E-state index >= 15 is 0 Å². The van der Waals surface area contributed by atoms with Crippen LogP contribution in [0.2, 0.25) is 0 Å². The average Bonchev–Trinajstić information content (AvgIpc) is 2.46. The molecule has 2 heterocycles. The largest absolute Gasteiger partial charge is 0.662 e. The van der Waals surface area contributed by atoms with Crippen molar-refractivity contribution in [3.05, 3.63) is 10.6 Å². The van der Waals surface area contributed by atoms with Crippen molar-refractivity contribution in [3.8, 4) is 0 Å². The minimum atomic E-state index is 0. The van der Waals surface area contributed by atoms with Crippen LogP contribution in [0.15, 0.2) is 0 Å². The van der Waals surface area contributed by atoms with Gasteiger partial charge < -0.3 is 10.6 Å². The summed E-state index contributed by atoms with van der Waals surface area (Å²) in [7, 11) is 0. The quantitative estimate of drug-likeness (QED) is 0.318. The van der Waals surface area contributed by atoms with Crippen LogP contribution in [0.3, 0.4) is 0 Å². The van der Waals surface area contributed by atoms with Gasteiger partial charge in [-0.2, -0.15) is 6.54 Å². The van der Waals surface area contributed by atoms with Crippen LogP contribution < -0.4 is 0 Å². The zero-order valence-corrected chi connectivity index (χ0v) is 19.3. The van der Waals surface area contributed by atoms with Gasteiger partial charge in [0.2, 0.25) is 0 Å². The number of hydrogen-bond acceptors (Lipinski definition) is 0. The van der Waals surface area contributed by atoms with Crippen molar-refractivity contribution < 1.29 is 42.1 Å². The summed E-state index contributed by atoms with van der Waals surface area (Å²) in [4.78, 5) is 0. The summed E-state index contributed by atoms with van der Waals surface area (Å²) in [6.45, 7) is 17.0. The molecule has 0 aromatic rings. The molecule has 2 aliphatic heterocycles. The second-order valence-electron chi connectivity index (χ2n) is 7.56. The molecule has 0 aromatic heterocycles. The Labute approximate surface area is 163 Å². The van der Waals surface area contributed by atoms with Gasteiger partial charge in [0, 0.05) is 42.1 Å². The molecule has 0 amide bonds. The molecular weight excluding hydrogens is 600 g/mol. The van der Waals surface area contributed by atoms with E-state index in [1.165, 1.54) is 12.8 Å². The van der Waals surface area contributed by atoms with Crippen LogP contribution in [0.5, 0.6) is 0 Å². The molecule has 130 valence electrons. The topological polar surface area (TPSA) is 28.2 Å². The fraction of sp³-hybridized carbons (Fsp3) is 1.00. The van der Waals surface area contributed by atoms with Crippen molar-refractivity contribution in [3.63, 3.8) is 0 Å². The van der Waals surface area contributed by atoms with E-state index in [0.29, 0.717) is 16.9 Å². The normalized spacial score (nSPS) is 23.7. The van der Waals surface area contributed by atoms with Gasteiger partial charge in [-0.1, -0.05) is 80.6 Å². The minimum absolute atomic E-state index is 0. The summed E-state index contributed by atoms with van der Waals surface area (Å²) in [6.07, 6.45) is 2.62. The van der Waals surface area contributed by atoms with E-state index < -0.39 is 0 Å². The molecule has 0 bridgehead atoms. The molecule has 0 aromatic carbocycles. The van der Waals surface area contributed by atoms with E-state index in [2.05, 4.69) is 52.2 Å².